The van der Waals surface area contributed by atoms with E-state index in [2.05, 4.69) is 35.8 Å². The molecule has 0 saturated heterocycles. The molecule has 0 atom stereocenters. The van der Waals surface area contributed by atoms with Gasteiger partial charge in [-0.1, -0.05) is 25.0 Å². The minimum absolute atomic E-state index is 0.207. The Hall–Kier alpha value is -2.28. The van der Waals surface area contributed by atoms with E-state index in [1.807, 2.05) is 21.0 Å². The third kappa shape index (κ3) is 7.42. The number of hydrogen-bond acceptors (Lipinski definition) is 4. The van der Waals surface area contributed by atoms with Crippen LogP contribution in [0.5, 0.6) is 5.75 Å². The van der Waals surface area contributed by atoms with E-state index in [4.69, 9.17) is 14.5 Å². The van der Waals surface area contributed by atoms with E-state index in [0.717, 1.165) is 61.5 Å². The molecule has 174 valence electrons. The van der Waals surface area contributed by atoms with Gasteiger partial charge in [-0.3, -0.25) is 4.79 Å². The zero-order valence-corrected chi connectivity index (χ0v) is 19.9. The first-order chi connectivity index (χ1) is 14.9. The Kier molecular flexibility index (Phi) is 10.1. The van der Waals surface area contributed by atoms with Gasteiger partial charge in [-0.25, -0.2) is 4.99 Å². The third-order valence-corrected chi connectivity index (χ3v) is 5.74. The number of nitrogens with zero attached hydrogens (tertiary/aromatic N) is 2. The average Bonchev–Trinajstić information content (AvgIpc) is 3.23. The number of carbonyl (C=O) groups excluding carboxylic acids is 1. The molecular weight excluding hydrogens is 392 g/mol. The lowest BCUT2D eigenvalue weighted by molar-refractivity contribution is -0.138. The van der Waals surface area contributed by atoms with Crippen molar-refractivity contribution >= 4 is 11.9 Å². The van der Waals surface area contributed by atoms with E-state index in [1.54, 1.807) is 12.0 Å². The number of amides is 1. The molecule has 7 heteroatoms. The van der Waals surface area contributed by atoms with E-state index < -0.39 is 0 Å². The van der Waals surface area contributed by atoms with E-state index in [9.17, 15) is 4.79 Å². The van der Waals surface area contributed by atoms with Crippen LogP contribution < -0.4 is 15.4 Å². The fraction of sp³-hybridized carbons (Fsp3) is 0.667. The second-order valence-electron chi connectivity index (χ2n) is 8.54. The van der Waals surface area contributed by atoms with Crippen molar-refractivity contribution in [3.05, 3.63) is 29.3 Å². The van der Waals surface area contributed by atoms with Crippen LogP contribution in [0.3, 0.4) is 0 Å². The van der Waals surface area contributed by atoms with E-state index >= 15 is 0 Å². The maximum absolute atomic E-state index is 12.8. The van der Waals surface area contributed by atoms with Crippen LogP contribution in [0.15, 0.2) is 23.2 Å². The SMILES string of the molecule is CCNC(=NCc1ccc(C)cc1OCCCOC)NCC1(C(=O)N(C)C)CCCC1. The Bertz CT molecular complexity index is 728. The first kappa shape index (κ1) is 25.0. The first-order valence-corrected chi connectivity index (χ1v) is 11.4. The maximum Gasteiger partial charge on any atom is 0.230 e. The molecule has 0 bridgehead atoms. The van der Waals surface area contributed by atoms with Crippen LogP contribution in [-0.4, -0.2) is 64.3 Å². The summed E-state index contributed by atoms with van der Waals surface area (Å²) >= 11 is 0. The Morgan fingerprint density at radius 2 is 1.94 bits per heavy atom. The quantitative estimate of drug-likeness (QED) is 0.319. The van der Waals surface area contributed by atoms with Crippen molar-refractivity contribution in [2.45, 2.75) is 52.5 Å². The van der Waals surface area contributed by atoms with Crippen molar-refractivity contribution in [2.75, 3.05) is 47.5 Å². The summed E-state index contributed by atoms with van der Waals surface area (Å²) in [6.07, 6.45) is 4.89. The van der Waals surface area contributed by atoms with Gasteiger partial charge in [0.2, 0.25) is 5.91 Å². The van der Waals surface area contributed by atoms with Gasteiger partial charge in [-0.15, -0.1) is 0 Å². The molecule has 0 aromatic heterocycles. The van der Waals surface area contributed by atoms with E-state index in [-0.39, 0.29) is 11.3 Å². The topological polar surface area (TPSA) is 75.2 Å². The lowest BCUT2D eigenvalue weighted by atomic mass is 9.84. The molecule has 1 saturated carbocycles. The van der Waals surface area contributed by atoms with Gasteiger partial charge in [-0.05, 0) is 38.3 Å². The first-order valence-electron chi connectivity index (χ1n) is 11.4. The van der Waals surface area contributed by atoms with Crippen molar-refractivity contribution in [2.24, 2.45) is 10.4 Å². The molecule has 0 spiro atoms. The largest absolute Gasteiger partial charge is 0.493 e. The fourth-order valence-electron chi connectivity index (χ4n) is 4.06. The molecular formula is C24H40N4O3. The third-order valence-electron chi connectivity index (χ3n) is 5.74. The van der Waals surface area contributed by atoms with Crippen LogP contribution in [-0.2, 0) is 16.1 Å². The molecule has 1 aromatic carbocycles. The van der Waals surface area contributed by atoms with Crippen LogP contribution in [0.2, 0.25) is 0 Å². The van der Waals surface area contributed by atoms with Gasteiger partial charge >= 0.3 is 0 Å². The van der Waals surface area contributed by atoms with Gasteiger partial charge < -0.3 is 25.0 Å². The Morgan fingerprint density at radius 1 is 1.19 bits per heavy atom. The van der Waals surface area contributed by atoms with Gasteiger partial charge in [0.25, 0.3) is 0 Å². The highest BCUT2D eigenvalue weighted by Crippen LogP contribution is 2.38. The predicted octanol–water partition coefficient (Wildman–Crippen LogP) is 3.11. The number of carbonyl (C=O) groups is 1. The molecule has 0 unspecified atom stereocenters. The standard InChI is InChI=1S/C24H40N4O3/c1-6-25-23(27-18-24(12-7-8-13-24)22(29)28(3)4)26-17-20-11-10-19(2)16-21(20)31-15-9-14-30-5/h10-11,16H,6-9,12-15,17-18H2,1-5H3,(H2,25,26,27). The Morgan fingerprint density at radius 3 is 2.58 bits per heavy atom. The van der Waals surface area contributed by atoms with Gasteiger partial charge in [0.05, 0.1) is 18.6 Å². The highest BCUT2D eigenvalue weighted by atomic mass is 16.5. The van der Waals surface area contributed by atoms with Crippen LogP contribution >= 0.6 is 0 Å². The molecule has 2 rings (SSSR count). The Labute approximate surface area is 187 Å². The van der Waals surface area contributed by atoms with Crippen LogP contribution in [0, 0.1) is 12.3 Å². The van der Waals surface area contributed by atoms with Crippen molar-refractivity contribution in [3.8, 4) is 5.75 Å². The number of guanidine groups is 1. The summed E-state index contributed by atoms with van der Waals surface area (Å²) in [5.74, 6) is 1.80. The van der Waals surface area contributed by atoms with Crippen LogP contribution in [0.25, 0.3) is 0 Å². The number of hydrogen-bond donors (Lipinski definition) is 2. The van der Waals surface area contributed by atoms with Gasteiger partial charge in [0.15, 0.2) is 5.96 Å². The highest BCUT2D eigenvalue weighted by Gasteiger charge is 2.42. The summed E-state index contributed by atoms with van der Waals surface area (Å²) in [5.41, 5.74) is 1.86. The van der Waals surface area contributed by atoms with Crippen LogP contribution in [0.1, 0.15) is 50.2 Å². The van der Waals surface area contributed by atoms with Crippen molar-refractivity contribution < 1.29 is 14.3 Å². The lowest BCUT2D eigenvalue weighted by Gasteiger charge is -2.31. The normalized spacial score (nSPS) is 15.6. The second kappa shape index (κ2) is 12.5. The molecule has 31 heavy (non-hydrogen) atoms. The molecule has 1 aliphatic rings. The molecule has 1 aliphatic carbocycles. The second-order valence-corrected chi connectivity index (χ2v) is 8.54. The number of methoxy groups -OCH3 is 1. The van der Waals surface area contributed by atoms with E-state index in [1.165, 1.54) is 0 Å². The fourth-order valence-corrected chi connectivity index (χ4v) is 4.06. The number of aryl methyl sites for hydroxylation is 1. The van der Waals surface area contributed by atoms with Crippen molar-refractivity contribution in [1.29, 1.82) is 0 Å². The van der Waals surface area contributed by atoms with Gasteiger partial charge in [-0.2, -0.15) is 0 Å². The molecule has 7 nitrogen and oxygen atoms in total. The highest BCUT2D eigenvalue weighted by molar-refractivity contribution is 5.85. The minimum atomic E-state index is -0.334. The number of nitrogens with one attached hydrogen (secondary N) is 2. The Balaban J connectivity index is 2.08. The molecule has 1 amide bonds. The summed E-state index contributed by atoms with van der Waals surface area (Å²) < 4.78 is 11.1. The van der Waals surface area contributed by atoms with E-state index in [0.29, 0.717) is 26.3 Å². The van der Waals surface area contributed by atoms with Gasteiger partial charge in [0.1, 0.15) is 5.75 Å². The van der Waals surface area contributed by atoms with Gasteiger partial charge in [0, 0.05) is 52.9 Å². The smallest absolute Gasteiger partial charge is 0.230 e. The number of rotatable bonds is 11. The molecule has 0 radical (unpaired) electrons. The number of aliphatic imine (C=N–C) groups is 1. The summed E-state index contributed by atoms with van der Waals surface area (Å²) in [6.45, 7) is 7.26. The van der Waals surface area contributed by atoms with Crippen molar-refractivity contribution in [1.82, 2.24) is 15.5 Å². The maximum atomic E-state index is 12.8. The molecule has 0 heterocycles. The summed E-state index contributed by atoms with van der Waals surface area (Å²) in [7, 11) is 5.38. The molecule has 0 aliphatic heterocycles. The minimum Gasteiger partial charge on any atom is -0.493 e. The lowest BCUT2D eigenvalue weighted by Crippen LogP contribution is -2.49. The summed E-state index contributed by atoms with van der Waals surface area (Å²) in [6, 6.07) is 6.21. The average molecular weight is 433 g/mol. The van der Waals surface area contributed by atoms with Crippen LogP contribution in [0.4, 0.5) is 0 Å². The number of ether oxygens (including phenoxy) is 2. The zero-order valence-electron chi connectivity index (χ0n) is 19.9. The molecule has 2 N–H and O–H groups in total. The molecule has 1 fully saturated rings. The zero-order chi connectivity index (χ0) is 22.7. The monoisotopic (exact) mass is 432 g/mol. The predicted molar refractivity (Wildman–Crippen MR) is 126 cm³/mol. The van der Waals surface area contributed by atoms with Crippen molar-refractivity contribution in [3.63, 3.8) is 0 Å². The number of benzene rings is 1. The summed E-state index contributed by atoms with van der Waals surface area (Å²) in [4.78, 5) is 19.3. The molecule has 1 aromatic rings. The summed E-state index contributed by atoms with van der Waals surface area (Å²) in [5, 5.41) is 6.74.